The van der Waals surface area contributed by atoms with Gasteiger partial charge in [0.25, 0.3) is 0 Å². The molecule has 0 aliphatic rings. The van der Waals surface area contributed by atoms with Gasteiger partial charge in [-0.1, -0.05) is 54.6 Å². The molecule has 0 saturated carbocycles. The smallest absolute Gasteiger partial charge is 0.225 e. The van der Waals surface area contributed by atoms with Gasteiger partial charge in [-0.15, -0.1) is 0 Å². The summed E-state index contributed by atoms with van der Waals surface area (Å²) in [6.45, 7) is 0.109. The van der Waals surface area contributed by atoms with E-state index in [1.807, 2.05) is 48.5 Å². The van der Waals surface area contributed by atoms with Crippen molar-refractivity contribution in [3.63, 3.8) is 0 Å². The molecule has 2 N–H and O–H groups in total. The monoisotopic (exact) mass is 397 g/mol. The number of benzene rings is 2. The van der Waals surface area contributed by atoms with E-state index in [1.165, 1.54) is 6.33 Å². The molecule has 0 aliphatic heterocycles. The fraction of sp³-hybridized carbons (Fsp3) is 0.200. The van der Waals surface area contributed by atoms with Crippen LogP contribution >= 0.6 is 0 Å². The molecule has 7 nitrogen and oxygen atoms in total. The zero-order chi connectivity index (χ0) is 20.1. The number of carbonyl (C=O) groups excluding carboxylic acids is 1. The standard InChI is InChI=1S/C20H22N4O3S/c1-23-13-19(22-14-23)24(28(26)27)12-16-8-5-9-17(10-16)18(20(21)25)11-15-6-3-2-4-7-15/h2-10,13-14,18H,11-12H2,1H3,(H2,21,25)(H,26,27)/p-1. The zero-order valence-corrected chi connectivity index (χ0v) is 16.2. The number of carbonyl (C=O) groups is 1. The van der Waals surface area contributed by atoms with Crippen LogP contribution in [-0.2, 0) is 36.1 Å². The fourth-order valence-electron chi connectivity index (χ4n) is 3.04. The second kappa shape index (κ2) is 8.81. The minimum absolute atomic E-state index is 0.109. The number of aromatic nitrogens is 2. The summed E-state index contributed by atoms with van der Waals surface area (Å²) in [5.41, 5.74) is 8.15. The lowest BCUT2D eigenvalue weighted by Gasteiger charge is -2.24. The molecule has 0 fully saturated rings. The molecule has 0 saturated heterocycles. The molecule has 0 bridgehead atoms. The Balaban J connectivity index is 1.85. The fourth-order valence-corrected chi connectivity index (χ4v) is 3.55. The van der Waals surface area contributed by atoms with E-state index in [0.29, 0.717) is 12.2 Å². The Labute approximate surface area is 166 Å². The van der Waals surface area contributed by atoms with Crippen molar-refractivity contribution in [2.45, 2.75) is 18.9 Å². The first kappa shape index (κ1) is 19.8. The zero-order valence-electron chi connectivity index (χ0n) is 15.4. The van der Waals surface area contributed by atoms with Crippen LogP contribution in [0, 0.1) is 0 Å². The number of rotatable bonds is 8. The molecule has 3 aromatic rings. The van der Waals surface area contributed by atoms with E-state index in [-0.39, 0.29) is 6.54 Å². The Hall–Kier alpha value is -2.97. The summed E-state index contributed by atoms with van der Waals surface area (Å²) in [7, 11) is 1.77. The first-order valence-corrected chi connectivity index (χ1v) is 9.74. The SMILES string of the molecule is Cn1cnc(N(Cc2cccc(C(Cc3ccccc3)C(N)=O)c2)S(=O)[O-])c1. The van der Waals surface area contributed by atoms with E-state index < -0.39 is 23.1 Å². The van der Waals surface area contributed by atoms with Crippen LogP contribution in [0.25, 0.3) is 0 Å². The van der Waals surface area contributed by atoms with Gasteiger partial charge in [0.1, 0.15) is 0 Å². The summed E-state index contributed by atoms with van der Waals surface area (Å²) < 4.78 is 26.2. The molecule has 2 atom stereocenters. The second-order valence-electron chi connectivity index (χ2n) is 6.54. The molecule has 1 heterocycles. The third-order valence-corrected chi connectivity index (χ3v) is 5.11. The molecule has 3 rings (SSSR count). The number of nitrogens with two attached hydrogens (primary N) is 1. The second-order valence-corrected chi connectivity index (χ2v) is 7.42. The van der Waals surface area contributed by atoms with E-state index in [9.17, 15) is 13.6 Å². The summed E-state index contributed by atoms with van der Waals surface area (Å²) in [6, 6.07) is 16.9. The first-order valence-electron chi connectivity index (χ1n) is 8.71. The number of imidazole rings is 1. The minimum Gasteiger partial charge on any atom is -0.755 e. The summed E-state index contributed by atoms with van der Waals surface area (Å²) in [5, 5.41) is 0. The molecule has 1 amide bonds. The highest BCUT2D eigenvalue weighted by Gasteiger charge is 2.19. The normalized spacial score (nSPS) is 13.1. The number of hydrogen-bond acceptors (Lipinski definition) is 4. The summed E-state index contributed by atoms with van der Waals surface area (Å²) in [4.78, 5) is 16.2. The lowest BCUT2D eigenvalue weighted by molar-refractivity contribution is -0.119. The molecule has 0 spiro atoms. The average molecular weight is 397 g/mol. The number of amides is 1. The summed E-state index contributed by atoms with van der Waals surface area (Å²) >= 11 is -2.48. The van der Waals surface area contributed by atoms with Gasteiger partial charge in [-0.3, -0.25) is 13.3 Å². The Morgan fingerprint density at radius 3 is 2.54 bits per heavy atom. The van der Waals surface area contributed by atoms with Gasteiger partial charge in [0.15, 0.2) is 5.82 Å². The van der Waals surface area contributed by atoms with Crippen molar-refractivity contribution in [2.24, 2.45) is 12.8 Å². The van der Waals surface area contributed by atoms with Crippen molar-refractivity contribution >= 4 is 23.0 Å². The van der Waals surface area contributed by atoms with Crippen molar-refractivity contribution < 1.29 is 13.6 Å². The van der Waals surface area contributed by atoms with Crippen LogP contribution in [0.15, 0.2) is 67.1 Å². The molecule has 1 aromatic heterocycles. The van der Waals surface area contributed by atoms with E-state index >= 15 is 0 Å². The van der Waals surface area contributed by atoms with Gasteiger partial charge in [-0.2, -0.15) is 0 Å². The molecule has 0 aliphatic carbocycles. The average Bonchev–Trinajstić information content (AvgIpc) is 3.10. The van der Waals surface area contributed by atoms with Crippen LogP contribution in [0.4, 0.5) is 5.82 Å². The summed E-state index contributed by atoms with van der Waals surface area (Å²) in [5.74, 6) is -0.588. The quantitative estimate of drug-likeness (QED) is 0.587. The predicted molar refractivity (Wildman–Crippen MR) is 107 cm³/mol. The molecule has 0 radical (unpaired) electrons. The third kappa shape index (κ3) is 4.85. The number of anilines is 1. The molecule has 8 heteroatoms. The van der Waals surface area contributed by atoms with E-state index in [2.05, 4.69) is 4.98 Å². The van der Waals surface area contributed by atoms with Gasteiger partial charge in [-0.05, 0) is 23.1 Å². The lowest BCUT2D eigenvalue weighted by atomic mass is 9.90. The van der Waals surface area contributed by atoms with Crippen molar-refractivity contribution in [2.75, 3.05) is 4.31 Å². The van der Waals surface area contributed by atoms with Gasteiger partial charge in [0, 0.05) is 24.5 Å². The Kier molecular flexibility index (Phi) is 6.23. The van der Waals surface area contributed by atoms with Crippen LogP contribution in [0.3, 0.4) is 0 Å². The van der Waals surface area contributed by atoms with Crippen LogP contribution in [0.5, 0.6) is 0 Å². The largest absolute Gasteiger partial charge is 0.755 e. The molecule has 28 heavy (non-hydrogen) atoms. The highest BCUT2D eigenvalue weighted by atomic mass is 32.2. The van der Waals surface area contributed by atoms with Gasteiger partial charge in [0.05, 0.1) is 18.8 Å². The number of primary amides is 1. The molecular weight excluding hydrogens is 376 g/mol. The topological polar surface area (TPSA) is 104 Å². The third-order valence-electron chi connectivity index (χ3n) is 4.43. The van der Waals surface area contributed by atoms with Crippen molar-refractivity contribution in [3.05, 3.63) is 83.8 Å². The molecule has 2 aromatic carbocycles. The van der Waals surface area contributed by atoms with Crippen LogP contribution < -0.4 is 10.0 Å². The van der Waals surface area contributed by atoms with Crippen molar-refractivity contribution in [1.82, 2.24) is 9.55 Å². The van der Waals surface area contributed by atoms with Crippen LogP contribution in [-0.4, -0.2) is 24.2 Å². The highest BCUT2D eigenvalue weighted by molar-refractivity contribution is 7.80. The van der Waals surface area contributed by atoms with Gasteiger partial charge in [0.2, 0.25) is 5.91 Å². The number of hydrogen-bond donors (Lipinski definition) is 1. The Bertz CT molecular complexity index is 974. The maximum absolute atomic E-state index is 12.1. The van der Waals surface area contributed by atoms with E-state index in [0.717, 1.165) is 21.0 Å². The van der Waals surface area contributed by atoms with E-state index in [1.54, 1.807) is 23.9 Å². The van der Waals surface area contributed by atoms with E-state index in [4.69, 9.17) is 5.73 Å². The highest BCUT2D eigenvalue weighted by Crippen LogP contribution is 2.23. The first-order chi connectivity index (χ1) is 13.4. The maximum atomic E-state index is 12.1. The van der Waals surface area contributed by atoms with Crippen LogP contribution in [0.1, 0.15) is 22.6 Å². The molecule has 2 unspecified atom stereocenters. The molecular formula is C20H21N4O3S-. The Morgan fingerprint density at radius 1 is 1.21 bits per heavy atom. The van der Waals surface area contributed by atoms with Crippen LogP contribution in [0.2, 0.25) is 0 Å². The minimum atomic E-state index is -2.48. The van der Waals surface area contributed by atoms with Gasteiger partial charge < -0.3 is 14.9 Å². The van der Waals surface area contributed by atoms with Crippen molar-refractivity contribution in [1.29, 1.82) is 0 Å². The molecule has 146 valence electrons. The number of aryl methyl sites for hydroxylation is 1. The van der Waals surface area contributed by atoms with Gasteiger partial charge in [-0.25, -0.2) is 4.98 Å². The maximum Gasteiger partial charge on any atom is 0.225 e. The van der Waals surface area contributed by atoms with Crippen molar-refractivity contribution in [3.8, 4) is 0 Å². The number of nitrogens with zero attached hydrogens (tertiary/aromatic N) is 3. The lowest BCUT2D eigenvalue weighted by Crippen LogP contribution is -2.26. The van der Waals surface area contributed by atoms with Gasteiger partial charge >= 0.3 is 0 Å². The predicted octanol–water partition coefficient (Wildman–Crippen LogP) is 2.03. The Morgan fingerprint density at radius 2 is 1.93 bits per heavy atom. The summed E-state index contributed by atoms with van der Waals surface area (Å²) in [6.07, 6.45) is 3.65.